The minimum absolute atomic E-state index is 0.0114. The highest BCUT2D eigenvalue weighted by molar-refractivity contribution is 6.39. The number of ether oxygens (including phenoxy) is 1. The summed E-state index contributed by atoms with van der Waals surface area (Å²) in [5.41, 5.74) is 1.59. The van der Waals surface area contributed by atoms with Gasteiger partial charge >= 0.3 is 17.8 Å². The Morgan fingerprint density at radius 3 is 2.16 bits per heavy atom. The molecule has 12 nitrogen and oxygen atoms in total. The van der Waals surface area contributed by atoms with E-state index in [1.54, 1.807) is 13.8 Å². The predicted octanol–water partition coefficient (Wildman–Crippen LogP) is 8.00. The zero-order valence-electron chi connectivity index (χ0n) is 32.2. The van der Waals surface area contributed by atoms with Crippen molar-refractivity contribution in [2.45, 2.75) is 58.6 Å². The van der Waals surface area contributed by atoms with Crippen molar-refractivity contribution in [3.8, 4) is 6.01 Å². The van der Waals surface area contributed by atoms with Crippen LogP contribution in [0.15, 0.2) is 84.9 Å². The number of hydrogen-bond donors (Lipinski definition) is 5. The van der Waals surface area contributed by atoms with Gasteiger partial charge in [0.2, 0.25) is 11.9 Å². The number of hydrogen-bond acceptors (Lipinski definition) is 9. The van der Waals surface area contributed by atoms with Crippen LogP contribution in [0.1, 0.15) is 73.5 Å². The van der Waals surface area contributed by atoms with Gasteiger partial charge in [-0.05, 0) is 83.3 Å². The lowest BCUT2D eigenvalue weighted by Gasteiger charge is -2.25. The van der Waals surface area contributed by atoms with Gasteiger partial charge in [-0.3, -0.25) is 14.4 Å². The Hall–Kier alpha value is -6.22. The van der Waals surface area contributed by atoms with Crippen LogP contribution < -0.4 is 31.3 Å². The van der Waals surface area contributed by atoms with Crippen LogP contribution in [0.2, 0.25) is 5.02 Å². The molecular formula is C42H42ClF3N8O4. The average Bonchev–Trinajstić information content (AvgIpc) is 3.97. The number of carbonyl (C=O) groups excluding carboxylic acids is 3. The molecule has 302 valence electrons. The molecule has 6 rings (SSSR count). The van der Waals surface area contributed by atoms with Gasteiger partial charge in [0.1, 0.15) is 24.1 Å². The highest BCUT2D eigenvalue weighted by Crippen LogP contribution is 2.48. The summed E-state index contributed by atoms with van der Waals surface area (Å²) in [6.07, 6.45) is 1.67. The van der Waals surface area contributed by atoms with Gasteiger partial charge in [0, 0.05) is 29.9 Å². The normalized spacial score (nSPS) is 13.1. The molecule has 16 heteroatoms. The van der Waals surface area contributed by atoms with E-state index < -0.39 is 46.1 Å². The fraction of sp³-hybridized carbons (Fsp3) is 0.286. The third-order valence-electron chi connectivity index (χ3n) is 9.44. The van der Waals surface area contributed by atoms with E-state index in [2.05, 4.69) is 55.4 Å². The number of anilines is 4. The summed E-state index contributed by atoms with van der Waals surface area (Å²) in [5, 5.41) is 14.2. The van der Waals surface area contributed by atoms with E-state index in [9.17, 15) is 23.2 Å². The highest BCUT2D eigenvalue weighted by Gasteiger charge is 2.45. The zero-order valence-corrected chi connectivity index (χ0v) is 32.9. The summed E-state index contributed by atoms with van der Waals surface area (Å²) < 4.78 is 48.5. The summed E-state index contributed by atoms with van der Waals surface area (Å²) >= 11 is 6.13. The van der Waals surface area contributed by atoms with E-state index in [0.717, 1.165) is 42.2 Å². The number of rotatable bonds is 15. The summed E-state index contributed by atoms with van der Waals surface area (Å²) in [6.45, 7) is 7.75. The molecular weight excluding hydrogens is 773 g/mol. The fourth-order valence-electron chi connectivity index (χ4n) is 5.83. The third kappa shape index (κ3) is 10.8. The molecule has 58 heavy (non-hydrogen) atoms. The van der Waals surface area contributed by atoms with Gasteiger partial charge in [0.25, 0.3) is 5.91 Å². The fourth-order valence-corrected chi connectivity index (χ4v) is 5.95. The standard InChI is InChI=1S/C42H42ClF3N8O4/c1-24(2)26-7-5-25(6-8-26)21-58-40-52-38(51-39(53-40)54-42(17-18-42)27-9-11-28(43)12-10-27)49-30-14-15-31(32(45)20-30)35(55)47-22-41(3,4)23-48-36(56)37(57)50-34-16-13-29(44)19-33(34)46/h5-16,19-20,24H,17-18,21-23H2,1-4H3,(H,47,55)(H,48,56)(H,50,57)(H2,49,51,52,53,54). The van der Waals surface area contributed by atoms with Crippen molar-refractivity contribution in [1.29, 1.82) is 0 Å². The Labute approximate surface area is 338 Å². The lowest BCUT2D eigenvalue weighted by atomic mass is 9.93. The summed E-state index contributed by atoms with van der Waals surface area (Å²) in [6, 6.07) is 22.1. The molecule has 0 bridgehead atoms. The van der Waals surface area contributed by atoms with Gasteiger partial charge in [0.15, 0.2) is 0 Å². The molecule has 0 spiro atoms. The molecule has 4 aromatic carbocycles. The minimum atomic E-state index is -1.16. The van der Waals surface area contributed by atoms with Gasteiger partial charge in [-0.15, -0.1) is 0 Å². The number of benzene rings is 4. The van der Waals surface area contributed by atoms with Crippen LogP contribution in [0, 0.1) is 22.9 Å². The van der Waals surface area contributed by atoms with E-state index >= 15 is 4.39 Å². The monoisotopic (exact) mass is 814 g/mol. The van der Waals surface area contributed by atoms with Crippen LogP contribution in [0.3, 0.4) is 0 Å². The minimum Gasteiger partial charge on any atom is -0.458 e. The maximum absolute atomic E-state index is 15.4. The largest absolute Gasteiger partial charge is 0.458 e. The van der Waals surface area contributed by atoms with Crippen LogP contribution in [0.5, 0.6) is 6.01 Å². The zero-order chi connectivity index (χ0) is 41.6. The third-order valence-corrected chi connectivity index (χ3v) is 9.69. The predicted molar refractivity (Wildman–Crippen MR) is 214 cm³/mol. The molecule has 0 radical (unpaired) electrons. The number of nitrogens with zero attached hydrogens (tertiary/aromatic N) is 3. The molecule has 0 aliphatic heterocycles. The average molecular weight is 815 g/mol. The number of aromatic nitrogens is 3. The van der Waals surface area contributed by atoms with Gasteiger partial charge < -0.3 is 31.3 Å². The van der Waals surface area contributed by atoms with Crippen molar-refractivity contribution in [3.63, 3.8) is 0 Å². The molecule has 1 heterocycles. The molecule has 1 aromatic heterocycles. The molecule has 5 N–H and O–H groups in total. The van der Waals surface area contributed by atoms with Crippen molar-refractivity contribution in [2.75, 3.05) is 29.0 Å². The van der Waals surface area contributed by atoms with Gasteiger partial charge in [-0.25, -0.2) is 13.2 Å². The van der Waals surface area contributed by atoms with Gasteiger partial charge in [-0.2, -0.15) is 15.0 Å². The second kappa shape index (κ2) is 17.5. The smallest absolute Gasteiger partial charge is 0.323 e. The second-order valence-corrected chi connectivity index (χ2v) is 15.5. The molecule has 1 aliphatic carbocycles. The molecule has 0 unspecified atom stereocenters. The Morgan fingerprint density at radius 2 is 1.50 bits per heavy atom. The molecule has 5 aromatic rings. The maximum Gasteiger partial charge on any atom is 0.323 e. The Kier molecular flexibility index (Phi) is 12.5. The summed E-state index contributed by atoms with van der Waals surface area (Å²) in [5.74, 6) is -4.94. The lowest BCUT2D eigenvalue weighted by molar-refractivity contribution is -0.136. The molecule has 1 aliphatic rings. The quantitative estimate of drug-likeness (QED) is 0.0661. The molecule has 1 fully saturated rings. The van der Waals surface area contributed by atoms with Crippen molar-refractivity contribution < 1.29 is 32.3 Å². The Balaban J connectivity index is 1.09. The topological polar surface area (TPSA) is 159 Å². The number of amides is 3. The van der Waals surface area contributed by atoms with E-state index in [4.69, 9.17) is 16.3 Å². The first kappa shape index (κ1) is 41.4. The summed E-state index contributed by atoms with van der Waals surface area (Å²) in [4.78, 5) is 51.1. The van der Waals surface area contributed by atoms with E-state index in [-0.39, 0.29) is 54.5 Å². The SMILES string of the molecule is CC(C)c1ccc(COc2nc(Nc3ccc(C(=O)NCC(C)(C)CNC(=O)C(=O)Nc4ccc(F)cc4F)c(F)c3)nc(NC3(c4ccc(Cl)cc4)CC3)n2)cc1. The van der Waals surface area contributed by atoms with Gasteiger partial charge in [0.05, 0.1) is 16.8 Å². The first-order chi connectivity index (χ1) is 27.6. The van der Waals surface area contributed by atoms with Crippen molar-refractivity contribution in [2.24, 2.45) is 5.41 Å². The van der Waals surface area contributed by atoms with Crippen molar-refractivity contribution in [3.05, 3.63) is 130 Å². The van der Waals surface area contributed by atoms with Crippen LogP contribution in [0.4, 0.5) is 36.4 Å². The van der Waals surface area contributed by atoms with Crippen LogP contribution in [-0.2, 0) is 21.7 Å². The first-order valence-corrected chi connectivity index (χ1v) is 18.9. The molecule has 0 saturated heterocycles. The maximum atomic E-state index is 15.4. The Bertz CT molecular complexity index is 2310. The number of carbonyl (C=O) groups is 3. The van der Waals surface area contributed by atoms with Crippen LogP contribution in [0.25, 0.3) is 0 Å². The van der Waals surface area contributed by atoms with Crippen LogP contribution >= 0.6 is 11.6 Å². The number of halogens is 4. The second-order valence-electron chi connectivity index (χ2n) is 15.1. The van der Waals surface area contributed by atoms with E-state index in [1.165, 1.54) is 17.7 Å². The molecule has 1 saturated carbocycles. The molecule has 0 atom stereocenters. The molecule has 3 amide bonds. The first-order valence-electron chi connectivity index (χ1n) is 18.5. The van der Waals surface area contributed by atoms with Gasteiger partial charge in [-0.1, -0.05) is 75.7 Å². The van der Waals surface area contributed by atoms with Crippen LogP contribution in [-0.4, -0.2) is 45.8 Å². The Morgan fingerprint density at radius 1 is 0.810 bits per heavy atom. The van der Waals surface area contributed by atoms with E-state index in [1.807, 2.05) is 48.5 Å². The van der Waals surface area contributed by atoms with Crippen molar-refractivity contribution in [1.82, 2.24) is 25.6 Å². The lowest BCUT2D eigenvalue weighted by Crippen LogP contribution is -2.45. The van der Waals surface area contributed by atoms with E-state index in [0.29, 0.717) is 17.0 Å². The van der Waals surface area contributed by atoms with Crippen molar-refractivity contribution >= 4 is 52.6 Å². The summed E-state index contributed by atoms with van der Waals surface area (Å²) in [7, 11) is 0. The number of nitrogens with one attached hydrogen (secondary N) is 5. The highest BCUT2D eigenvalue weighted by atomic mass is 35.5.